The standard InChI is InChI=1S/C19H15ClN2O/c20-18-8-6-14-11-15(5-7-17(14)21-18)19(23)22-10-9-13-3-1-2-4-16(13)12-22/h1-8,11H,9-10,12H2. The van der Waals surface area contributed by atoms with Gasteiger partial charge in [-0.15, -0.1) is 0 Å². The van der Waals surface area contributed by atoms with E-state index in [9.17, 15) is 4.79 Å². The third kappa shape index (κ3) is 2.68. The molecule has 1 aliphatic heterocycles. The summed E-state index contributed by atoms with van der Waals surface area (Å²) in [5, 5.41) is 1.39. The van der Waals surface area contributed by atoms with Crippen LogP contribution >= 0.6 is 11.6 Å². The zero-order chi connectivity index (χ0) is 15.8. The van der Waals surface area contributed by atoms with Crippen LogP contribution < -0.4 is 0 Å². The second-order valence-corrected chi connectivity index (χ2v) is 6.17. The molecule has 0 spiro atoms. The predicted molar refractivity (Wildman–Crippen MR) is 91.6 cm³/mol. The molecule has 4 rings (SSSR count). The molecule has 0 unspecified atom stereocenters. The van der Waals surface area contributed by atoms with Crippen LogP contribution in [0.2, 0.25) is 5.15 Å². The lowest BCUT2D eigenvalue weighted by molar-refractivity contribution is 0.0735. The summed E-state index contributed by atoms with van der Waals surface area (Å²) >= 11 is 5.90. The average Bonchev–Trinajstić information content (AvgIpc) is 2.60. The van der Waals surface area contributed by atoms with E-state index in [4.69, 9.17) is 11.6 Å². The first-order chi connectivity index (χ1) is 11.2. The van der Waals surface area contributed by atoms with Gasteiger partial charge in [0.1, 0.15) is 5.15 Å². The molecule has 2 heterocycles. The normalized spacial score (nSPS) is 13.9. The molecule has 23 heavy (non-hydrogen) atoms. The molecular weight excluding hydrogens is 308 g/mol. The van der Waals surface area contributed by atoms with Crippen molar-refractivity contribution in [3.8, 4) is 0 Å². The molecule has 0 atom stereocenters. The Morgan fingerprint density at radius 2 is 1.87 bits per heavy atom. The Balaban J connectivity index is 1.63. The molecule has 0 bridgehead atoms. The Morgan fingerprint density at radius 3 is 2.74 bits per heavy atom. The molecule has 0 saturated heterocycles. The monoisotopic (exact) mass is 322 g/mol. The predicted octanol–water partition coefficient (Wildman–Crippen LogP) is 4.09. The van der Waals surface area contributed by atoms with E-state index >= 15 is 0 Å². The van der Waals surface area contributed by atoms with Crippen molar-refractivity contribution in [3.63, 3.8) is 0 Å². The van der Waals surface area contributed by atoms with E-state index in [0.29, 0.717) is 17.3 Å². The third-order valence-corrected chi connectivity index (χ3v) is 4.53. The number of rotatable bonds is 1. The molecule has 0 aliphatic carbocycles. The highest BCUT2D eigenvalue weighted by atomic mass is 35.5. The van der Waals surface area contributed by atoms with Gasteiger partial charge in [-0.05, 0) is 47.9 Å². The van der Waals surface area contributed by atoms with E-state index < -0.39 is 0 Å². The highest BCUT2D eigenvalue weighted by Crippen LogP contribution is 2.22. The zero-order valence-electron chi connectivity index (χ0n) is 12.5. The minimum absolute atomic E-state index is 0.0661. The van der Waals surface area contributed by atoms with Crippen LogP contribution in [0.15, 0.2) is 54.6 Å². The lowest BCUT2D eigenvalue weighted by Crippen LogP contribution is -2.35. The number of carbonyl (C=O) groups is 1. The van der Waals surface area contributed by atoms with Gasteiger partial charge in [-0.1, -0.05) is 35.9 Å². The fourth-order valence-electron chi connectivity index (χ4n) is 3.09. The summed E-state index contributed by atoms with van der Waals surface area (Å²) in [5.41, 5.74) is 4.08. The average molecular weight is 323 g/mol. The number of pyridine rings is 1. The molecule has 3 nitrogen and oxygen atoms in total. The topological polar surface area (TPSA) is 33.2 Å². The lowest BCUT2D eigenvalue weighted by Gasteiger charge is -2.29. The molecule has 0 N–H and O–H groups in total. The van der Waals surface area contributed by atoms with Gasteiger partial charge >= 0.3 is 0 Å². The minimum Gasteiger partial charge on any atom is -0.334 e. The number of aromatic nitrogens is 1. The second-order valence-electron chi connectivity index (χ2n) is 5.79. The Labute approximate surface area is 139 Å². The first kappa shape index (κ1) is 14.2. The molecule has 1 amide bonds. The maximum Gasteiger partial charge on any atom is 0.254 e. The molecule has 114 valence electrons. The van der Waals surface area contributed by atoms with E-state index in [2.05, 4.69) is 23.2 Å². The minimum atomic E-state index is 0.0661. The van der Waals surface area contributed by atoms with E-state index in [0.717, 1.165) is 23.9 Å². The van der Waals surface area contributed by atoms with Gasteiger partial charge < -0.3 is 4.90 Å². The van der Waals surface area contributed by atoms with Crippen LogP contribution in [0.4, 0.5) is 0 Å². The van der Waals surface area contributed by atoms with Crippen LogP contribution in [0, 0.1) is 0 Å². The number of halogens is 1. The number of amides is 1. The van der Waals surface area contributed by atoms with Gasteiger partial charge in [-0.2, -0.15) is 0 Å². The first-order valence-corrected chi connectivity index (χ1v) is 8.01. The number of hydrogen-bond acceptors (Lipinski definition) is 2. The Kier molecular flexibility index (Phi) is 3.50. The van der Waals surface area contributed by atoms with Gasteiger partial charge in [0.25, 0.3) is 5.91 Å². The lowest BCUT2D eigenvalue weighted by atomic mass is 9.99. The van der Waals surface area contributed by atoms with Crippen molar-refractivity contribution in [2.24, 2.45) is 0 Å². The van der Waals surface area contributed by atoms with Gasteiger partial charge in [0, 0.05) is 24.0 Å². The molecule has 3 aromatic rings. The van der Waals surface area contributed by atoms with Crippen molar-refractivity contribution >= 4 is 28.4 Å². The molecule has 0 radical (unpaired) electrons. The van der Waals surface area contributed by atoms with Crippen LogP contribution in [-0.2, 0) is 13.0 Å². The number of nitrogens with zero attached hydrogens (tertiary/aromatic N) is 2. The molecular formula is C19H15ClN2O. The first-order valence-electron chi connectivity index (χ1n) is 7.63. The smallest absolute Gasteiger partial charge is 0.254 e. The highest BCUT2D eigenvalue weighted by molar-refractivity contribution is 6.29. The number of hydrogen-bond donors (Lipinski definition) is 0. The summed E-state index contributed by atoms with van der Waals surface area (Å²) < 4.78 is 0. The summed E-state index contributed by atoms with van der Waals surface area (Å²) in [4.78, 5) is 19.0. The van der Waals surface area contributed by atoms with Gasteiger partial charge in [-0.25, -0.2) is 4.98 Å². The van der Waals surface area contributed by atoms with Crippen LogP contribution in [0.3, 0.4) is 0 Å². The highest BCUT2D eigenvalue weighted by Gasteiger charge is 2.21. The van der Waals surface area contributed by atoms with E-state index in [-0.39, 0.29) is 5.91 Å². The van der Waals surface area contributed by atoms with Crippen molar-refractivity contribution in [1.82, 2.24) is 9.88 Å². The van der Waals surface area contributed by atoms with Crippen molar-refractivity contribution in [2.75, 3.05) is 6.54 Å². The quantitative estimate of drug-likeness (QED) is 0.632. The maximum absolute atomic E-state index is 12.8. The Morgan fingerprint density at radius 1 is 1.04 bits per heavy atom. The molecule has 0 saturated carbocycles. The number of fused-ring (bicyclic) bond motifs is 2. The third-order valence-electron chi connectivity index (χ3n) is 4.32. The molecule has 0 fully saturated rings. The fraction of sp³-hybridized carbons (Fsp3) is 0.158. The molecule has 4 heteroatoms. The summed E-state index contributed by atoms with van der Waals surface area (Å²) in [6, 6.07) is 17.5. The van der Waals surface area contributed by atoms with Gasteiger partial charge in [0.05, 0.1) is 5.52 Å². The molecule has 1 aromatic heterocycles. The fourth-order valence-corrected chi connectivity index (χ4v) is 3.24. The van der Waals surface area contributed by atoms with Gasteiger partial charge in [0.15, 0.2) is 0 Å². The van der Waals surface area contributed by atoms with Crippen LogP contribution in [0.1, 0.15) is 21.5 Å². The maximum atomic E-state index is 12.8. The second kappa shape index (κ2) is 5.67. The van der Waals surface area contributed by atoms with E-state index in [1.54, 1.807) is 6.07 Å². The van der Waals surface area contributed by atoms with E-state index in [1.807, 2.05) is 35.2 Å². The van der Waals surface area contributed by atoms with Crippen molar-refractivity contribution in [1.29, 1.82) is 0 Å². The van der Waals surface area contributed by atoms with Crippen LogP contribution in [0.5, 0.6) is 0 Å². The number of carbonyl (C=O) groups excluding carboxylic acids is 1. The number of benzene rings is 2. The molecule has 1 aliphatic rings. The van der Waals surface area contributed by atoms with Crippen LogP contribution in [0.25, 0.3) is 10.9 Å². The van der Waals surface area contributed by atoms with Gasteiger partial charge in [-0.3, -0.25) is 4.79 Å². The van der Waals surface area contributed by atoms with Crippen molar-refractivity contribution < 1.29 is 4.79 Å². The Hall–Kier alpha value is -2.39. The largest absolute Gasteiger partial charge is 0.334 e. The molecule has 2 aromatic carbocycles. The zero-order valence-corrected chi connectivity index (χ0v) is 13.3. The summed E-state index contributed by atoms with van der Waals surface area (Å²) in [6.45, 7) is 1.43. The summed E-state index contributed by atoms with van der Waals surface area (Å²) in [5.74, 6) is 0.0661. The SMILES string of the molecule is O=C(c1ccc2nc(Cl)ccc2c1)N1CCc2ccccc2C1. The Bertz CT molecular complexity index is 907. The summed E-state index contributed by atoms with van der Waals surface area (Å²) in [7, 11) is 0. The summed E-state index contributed by atoms with van der Waals surface area (Å²) in [6.07, 6.45) is 0.909. The van der Waals surface area contributed by atoms with Crippen LogP contribution in [-0.4, -0.2) is 22.3 Å². The van der Waals surface area contributed by atoms with E-state index in [1.165, 1.54) is 11.1 Å². The van der Waals surface area contributed by atoms with Crippen molar-refractivity contribution in [3.05, 3.63) is 76.4 Å². The van der Waals surface area contributed by atoms with Crippen molar-refractivity contribution in [2.45, 2.75) is 13.0 Å². The van der Waals surface area contributed by atoms with Gasteiger partial charge in [0.2, 0.25) is 0 Å².